The third kappa shape index (κ3) is 4.32. The van der Waals surface area contributed by atoms with Crippen molar-refractivity contribution < 1.29 is 0 Å². The summed E-state index contributed by atoms with van der Waals surface area (Å²) in [5, 5.41) is 3.48. The van der Waals surface area contributed by atoms with Crippen molar-refractivity contribution in [2.75, 3.05) is 26.2 Å². The Morgan fingerprint density at radius 2 is 1.89 bits per heavy atom. The van der Waals surface area contributed by atoms with Crippen molar-refractivity contribution in [2.45, 2.75) is 40.2 Å². The maximum absolute atomic E-state index is 3.48. The van der Waals surface area contributed by atoms with Crippen LogP contribution in [0.15, 0.2) is 18.2 Å². The Labute approximate surface area is 118 Å². The van der Waals surface area contributed by atoms with Gasteiger partial charge in [-0.3, -0.25) is 4.90 Å². The first-order valence-corrected chi connectivity index (χ1v) is 7.68. The van der Waals surface area contributed by atoms with E-state index in [4.69, 9.17) is 0 Å². The Balaban J connectivity index is 1.80. The summed E-state index contributed by atoms with van der Waals surface area (Å²) in [6.45, 7) is 12.5. The van der Waals surface area contributed by atoms with E-state index in [1.165, 1.54) is 49.2 Å². The predicted molar refractivity (Wildman–Crippen MR) is 82.5 cm³/mol. The van der Waals surface area contributed by atoms with E-state index >= 15 is 0 Å². The van der Waals surface area contributed by atoms with Crippen LogP contribution in [-0.2, 0) is 6.54 Å². The highest BCUT2D eigenvalue weighted by molar-refractivity contribution is 5.29. The first-order chi connectivity index (χ1) is 9.19. The van der Waals surface area contributed by atoms with Crippen LogP contribution in [0.25, 0.3) is 0 Å². The number of benzene rings is 1. The zero-order valence-corrected chi connectivity index (χ0v) is 12.7. The fourth-order valence-corrected chi connectivity index (χ4v) is 2.86. The lowest BCUT2D eigenvalue weighted by Gasteiger charge is -2.32. The second-order valence-electron chi connectivity index (χ2n) is 5.95. The van der Waals surface area contributed by atoms with Crippen LogP contribution in [0, 0.1) is 19.8 Å². The highest BCUT2D eigenvalue weighted by atomic mass is 15.1. The van der Waals surface area contributed by atoms with Crippen LogP contribution in [0.2, 0.25) is 0 Å². The number of nitrogens with zero attached hydrogens (tertiary/aromatic N) is 1. The van der Waals surface area contributed by atoms with Gasteiger partial charge in [0.2, 0.25) is 0 Å². The summed E-state index contributed by atoms with van der Waals surface area (Å²) in [5.41, 5.74) is 4.28. The summed E-state index contributed by atoms with van der Waals surface area (Å²) in [7, 11) is 0. The molecule has 1 aromatic rings. The SMILES string of the molecule is CCNCC1CCN(Cc2ccc(C)c(C)c2)CC1. The standard InChI is InChI=1S/C17H28N2/c1-4-18-12-16-7-9-19(10-8-16)13-17-6-5-14(2)15(3)11-17/h5-6,11,16,18H,4,7-10,12-13H2,1-3H3. The van der Waals surface area contributed by atoms with Crippen LogP contribution in [0.5, 0.6) is 0 Å². The van der Waals surface area contributed by atoms with Crippen molar-refractivity contribution in [3.05, 3.63) is 34.9 Å². The average Bonchev–Trinajstić information content (AvgIpc) is 2.42. The van der Waals surface area contributed by atoms with Gasteiger partial charge >= 0.3 is 0 Å². The molecule has 2 nitrogen and oxygen atoms in total. The van der Waals surface area contributed by atoms with E-state index in [0.717, 1.165) is 19.0 Å². The normalized spacial score (nSPS) is 17.8. The maximum atomic E-state index is 3.48. The van der Waals surface area contributed by atoms with Gasteiger partial charge in [0.15, 0.2) is 0 Å². The number of hydrogen-bond acceptors (Lipinski definition) is 2. The highest BCUT2D eigenvalue weighted by Gasteiger charge is 2.18. The molecule has 1 N–H and O–H groups in total. The molecule has 0 spiro atoms. The number of nitrogens with one attached hydrogen (secondary N) is 1. The minimum atomic E-state index is 0.885. The molecule has 19 heavy (non-hydrogen) atoms. The van der Waals surface area contributed by atoms with E-state index < -0.39 is 0 Å². The molecule has 0 radical (unpaired) electrons. The zero-order valence-electron chi connectivity index (χ0n) is 12.7. The van der Waals surface area contributed by atoms with Gasteiger partial charge in [0.05, 0.1) is 0 Å². The van der Waals surface area contributed by atoms with Crippen LogP contribution in [0.4, 0.5) is 0 Å². The molecule has 106 valence electrons. The minimum absolute atomic E-state index is 0.885. The highest BCUT2D eigenvalue weighted by Crippen LogP contribution is 2.19. The Morgan fingerprint density at radius 1 is 1.16 bits per heavy atom. The smallest absolute Gasteiger partial charge is 0.0233 e. The van der Waals surface area contributed by atoms with Gasteiger partial charge in [-0.05, 0) is 75.5 Å². The van der Waals surface area contributed by atoms with Crippen LogP contribution in [0.1, 0.15) is 36.5 Å². The Kier molecular flexibility index (Phi) is 5.41. The monoisotopic (exact) mass is 260 g/mol. The second kappa shape index (κ2) is 7.06. The molecule has 0 bridgehead atoms. The lowest BCUT2D eigenvalue weighted by molar-refractivity contribution is 0.176. The molecule has 1 saturated heterocycles. The summed E-state index contributed by atoms with van der Waals surface area (Å²) in [6.07, 6.45) is 2.69. The number of piperidine rings is 1. The fraction of sp³-hybridized carbons (Fsp3) is 0.647. The first-order valence-electron chi connectivity index (χ1n) is 7.68. The van der Waals surface area contributed by atoms with Crippen LogP contribution in [-0.4, -0.2) is 31.1 Å². The number of rotatable bonds is 5. The third-order valence-corrected chi connectivity index (χ3v) is 4.37. The largest absolute Gasteiger partial charge is 0.317 e. The maximum Gasteiger partial charge on any atom is 0.0233 e. The molecule has 1 aliphatic heterocycles. The Bertz CT molecular complexity index is 392. The van der Waals surface area contributed by atoms with E-state index in [-0.39, 0.29) is 0 Å². The fourth-order valence-electron chi connectivity index (χ4n) is 2.86. The molecule has 0 saturated carbocycles. The number of likely N-dealkylation sites (tertiary alicyclic amines) is 1. The van der Waals surface area contributed by atoms with Gasteiger partial charge in [0, 0.05) is 6.54 Å². The van der Waals surface area contributed by atoms with Gasteiger partial charge in [-0.25, -0.2) is 0 Å². The summed E-state index contributed by atoms with van der Waals surface area (Å²) in [4.78, 5) is 2.60. The topological polar surface area (TPSA) is 15.3 Å². The minimum Gasteiger partial charge on any atom is -0.317 e. The quantitative estimate of drug-likeness (QED) is 0.875. The predicted octanol–water partition coefficient (Wildman–Crippen LogP) is 3.12. The summed E-state index contributed by atoms with van der Waals surface area (Å²) in [6, 6.07) is 6.88. The van der Waals surface area contributed by atoms with Gasteiger partial charge < -0.3 is 5.32 Å². The summed E-state index contributed by atoms with van der Waals surface area (Å²) < 4.78 is 0. The Morgan fingerprint density at radius 3 is 2.53 bits per heavy atom. The Hall–Kier alpha value is -0.860. The molecule has 1 fully saturated rings. The van der Waals surface area contributed by atoms with Crippen LogP contribution >= 0.6 is 0 Å². The molecule has 1 aromatic carbocycles. The van der Waals surface area contributed by atoms with Crippen molar-refractivity contribution in [2.24, 2.45) is 5.92 Å². The molecule has 2 rings (SSSR count). The molecule has 1 aliphatic rings. The van der Waals surface area contributed by atoms with Crippen LogP contribution < -0.4 is 5.32 Å². The van der Waals surface area contributed by atoms with Gasteiger partial charge in [0.1, 0.15) is 0 Å². The second-order valence-corrected chi connectivity index (χ2v) is 5.95. The van der Waals surface area contributed by atoms with E-state index in [0.29, 0.717) is 0 Å². The van der Waals surface area contributed by atoms with E-state index in [2.05, 4.69) is 49.2 Å². The summed E-state index contributed by atoms with van der Waals surface area (Å²) >= 11 is 0. The third-order valence-electron chi connectivity index (χ3n) is 4.37. The van der Waals surface area contributed by atoms with Gasteiger partial charge in [-0.15, -0.1) is 0 Å². The van der Waals surface area contributed by atoms with Crippen molar-refractivity contribution >= 4 is 0 Å². The van der Waals surface area contributed by atoms with Crippen molar-refractivity contribution in [3.63, 3.8) is 0 Å². The van der Waals surface area contributed by atoms with Gasteiger partial charge in [-0.1, -0.05) is 25.1 Å². The molecule has 0 atom stereocenters. The van der Waals surface area contributed by atoms with Crippen LogP contribution in [0.3, 0.4) is 0 Å². The van der Waals surface area contributed by atoms with Gasteiger partial charge in [-0.2, -0.15) is 0 Å². The lowest BCUT2D eigenvalue weighted by atomic mass is 9.96. The number of hydrogen-bond donors (Lipinski definition) is 1. The average molecular weight is 260 g/mol. The molecule has 1 heterocycles. The number of aryl methyl sites for hydroxylation is 2. The van der Waals surface area contributed by atoms with Gasteiger partial charge in [0.25, 0.3) is 0 Å². The van der Waals surface area contributed by atoms with E-state index in [1.54, 1.807) is 0 Å². The van der Waals surface area contributed by atoms with E-state index in [9.17, 15) is 0 Å². The molecule has 0 amide bonds. The van der Waals surface area contributed by atoms with E-state index in [1.807, 2.05) is 0 Å². The van der Waals surface area contributed by atoms with Crippen molar-refractivity contribution in [1.29, 1.82) is 0 Å². The molecular formula is C17H28N2. The van der Waals surface area contributed by atoms with Crippen molar-refractivity contribution in [3.8, 4) is 0 Å². The molecule has 2 heteroatoms. The molecule has 0 aliphatic carbocycles. The first kappa shape index (κ1) is 14.5. The zero-order chi connectivity index (χ0) is 13.7. The van der Waals surface area contributed by atoms with Crippen molar-refractivity contribution in [1.82, 2.24) is 10.2 Å². The molecule has 0 aromatic heterocycles. The lowest BCUT2D eigenvalue weighted by Crippen LogP contribution is -2.36. The summed E-state index contributed by atoms with van der Waals surface area (Å²) in [5.74, 6) is 0.885. The molecule has 0 unspecified atom stereocenters. The molecular weight excluding hydrogens is 232 g/mol.